The molecule has 0 spiro atoms. The van der Waals surface area contributed by atoms with Crippen molar-refractivity contribution >= 4 is 17.4 Å². The van der Waals surface area contributed by atoms with E-state index in [4.69, 9.17) is 0 Å². The van der Waals surface area contributed by atoms with E-state index in [9.17, 15) is 4.79 Å². The summed E-state index contributed by atoms with van der Waals surface area (Å²) in [7, 11) is 0. The molecule has 0 saturated carbocycles. The van der Waals surface area contributed by atoms with Crippen LogP contribution in [0.15, 0.2) is 29.0 Å². The van der Waals surface area contributed by atoms with Crippen molar-refractivity contribution < 1.29 is 4.79 Å². The maximum Gasteiger partial charge on any atom is 0.317 e. The van der Waals surface area contributed by atoms with Gasteiger partial charge in [-0.3, -0.25) is 4.90 Å². The Hall–Kier alpha value is -1.33. The van der Waals surface area contributed by atoms with Crippen LogP contribution < -0.4 is 5.32 Å². The highest BCUT2D eigenvalue weighted by Crippen LogP contribution is 2.23. The Balaban J connectivity index is 1.47. The molecule has 2 heterocycles. The first-order valence-electron chi connectivity index (χ1n) is 7.70. The van der Waals surface area contributed by atoms with Gasteiger partial charge >= 0.3 is 6.03 Å². The summed E-state index contributed by atoms with van der Waals surface area (Å²) in [5, 5.41) is 7.48. The number of thiophene rings is 1. The minimum Gasteiger partial charge on any atom is -0.335 e. The van der Waals surface area contributed by atoms with E-state index in [0.29, 0.717) is 12.1 Å². The third-order valence-corrected chi connectivity index (χ3v) is 5.21. The van der Waals surface area contributed by atoms with E-state index in [1.54, 1.807) is 11.3 Å². The Kier molecular flexibility index (Phi) is 4.60. The standard InChI is InChI=1S/C16H23N3OS/c1-13(14-6-11-21-12-14)18-7-9-19(10-8-18)16(20)17-15-4-2-3-5-15/h2-3,6,11-13,15H,4-5,7-10H2,1H3,(H,17,20)/t13-/m1/s1. The minimum atomic E-state index is 0.103. The number of hydrogen-bond donors (Lipinski definition) is 1. The third kappa shape index (κ3) is 3.47. The van der Waals surface area contributed by atoms with Gasteiger partial charge in [0.25, 0.3) is 0 Å². The molecule has 1 aliphatic carbocycles. The number of nitrogens with one attached hydrogen (secondary N) is 1. The van der Waals surface area contributed by atoms with Gasteiger partial charge in [-0.05, 0) is 42.2 Å². The van der Waals surface area contributed by atoms with Crippen molar-refractivity contribution in [1.82, 2.24) is 15.1 Å². The highest BCUT2D eigenvalue weighted by molar-refractivity contribution is 7.07. The van der Waals surface area contributed by atoms with Gasteiger partial charge in [0, 0.05) is 38.3 Å². The summed E-state index contributed by atoms with van der Waals surface area (Å²) >= 11 is 1.75. The maximum atomic E-state index is 12.2. The van der Waals surface area contributed by atoms with E-state index in [-0.39, 0.29) is 6.03 Å². The second-order valence-corrected chi connectivity index (χ2v) is 6.62. The minimum absolute atomic E-state index is 0.103. The summed E-state index contributed by atoms with van der Waals surface area (Å²) in [6, 6.07) is 3.05. The van der Waals surface area contributed by atoms with Crippen molar-refractivity contribution in [1.29, 1.82) is 0 Å². The first-order valence-corrected chi connectivity index (χ1v) is 8.65. The molecule has 21 heavy (non-hydrogen) atoms. The molecule has 0 unspecified atom stereocenters. The zero-order valence-corrected chi connectivity index (χ0v) is 13.3. The summed E-state index contributed by atoms with van der Waals surface area (Å²) in [6.07, 6.45) is 6.23. The Labute approximate surface area is 130 Å². The number of hydrogen-bond acceptors (Lipinski definition) is 3. The topological polar surface area (TPSA) is 35.6 Å². The predicted molar refractivity (Wildman–Crippen MR) is 86.6 cm³/mol. The molecule has 1 fully saturated rings. The number of nitrogens with zero attached hydrogens (tertiary/aromatic N) is 2. The normalized spacial score (nSPS) is 21.7. The van der Waals surface area contributed by atoms with Gasteiger partial charge in [-0.1, -0.05) is 12.2 Å². The van der Waals surface area contributed by atoms with E-state index in [1.807, 2.05) is 4.90 Å². The molecule has 3 rings (SSSR count). The van der Waals surface area contributed by atoms with Crippen LogP contribution in [0.25, 0.3) is 0 Å². The molecule has 2 aliphatic rings. The smallest absolute Gasteiger partial charge is 0.317 e. The van der Waals surface area contributed by atoms with Gasteiger partial charge in [-0.2, -0.15) is 11.3 Å². The van der Waals surface area contributed by atoms with E-state index in [0.717, 1.165) is 39.0 Å². The Morgan fingerprint density at radius 3 is 2.62 bits per heavy atom. The van der Waals surface area contributed by atoms with Crippen LogP contribution in [0.1, 0.15) is 31.4 Å². The van der Waals surface area contributed by atoms with Gasteiger partial charge in [0.15, 0.2) is 0 Å². The number of carbonyl (C=O) groups excluding carboxylic acids is 1. The molecule has 1 N–H and O–H groups in total. The molecule has 114 valence electrons. The number of urea groups is 1. The van der Waals surface area contributed by atoms with Gasteiger partial charge in [0.1, 0.15) is 0 Å². The molecule has 1 aromatic heterocycles. The lowest BCUT2D eigenvalue weighted by Gasteiger charge is -2.38. The molecular formula is C16H23N3OS. The van der Waals surface area contributed by atoms with Crippen molar-refractivity contribution in [3.8, 4) is 0 Å². The van der Waals surface area contributed by atoms with E-state index < -0.39 is 0 Å². The lowest BCUT2D eigenvalue weighted by molar-refractivity contribution is 0.113. The summed E-state index contributed by atoms with van der Waals surface area (Å²) in [4.78, 5) is 16.6. The van der Waals surface area contributed by atoms with E-state index in [2.05, 4.69) is 46.1 Å². The van der Waals surface area contributed by atoms with E-state index >= 15 is 0 Å². The Bertz CT molecular complexity index is 484. The average Bonchev–Trinajstić information content (AvgIpc) is 3.20. The fourth-order valence-electron chi connectivity index (χ4n) is 3.04. The Morgan fingerprint density at radius 1 is 1.29 bits per heavy atom. The molecule has 0 bridgehead atoms. The molecule has 1 aliphatic heterocycles. The van der Waals surface area contributed by atoms with Crippen LogP contribution in [0.5, 0.6) is 0 Å². The largest absolute Gasteiger partial charge is 0.335 e. The third-order valence-electron chi connectivity index (χ3n) is 4.51. The zero-order valence-electron chi connectivity index (χ0n) is 12.5. The fraction of sp³-hybridized carbons (Fsp3) is 0.562. The van der Waals surface area contributed by atoms with Crippen LogP contribution in [-0.4, -0.2) is 48.1 Å². The Morgan fingerprint density at radius 2 is 2.00 bits per heavy atom. The van der Waals surface area contributed by atoms with Gasteiger partial charge in [0.2, 0.25) is 0 Å². The monoisotopic (exact) mass is 305 g/mol. The molecule has 4 nitrogen and oxygen atoms in total. The zero-order chi connectivity index (χ0) is 14.7. The molecule has 0 radical (unpaired) electrons. The number of carbonyl (C=O) groups is 1. The van der Waals surface area contributed by atoms with Crippen molar-refractivity contribution in [3.63, 3.8) is 0 Å². The number of piperazine rings is 1. The van der Waals surface area contributed by atoms with Crippen LogP contribution in [0.3, 0.4) is 0 Å². The number of amides is 2. The fourth-order valence-corrected chi connectivity index (χ4v) is 3.78. The van der Waals surface area contributed by atoms with E-state index in [1.165, 1.54) is 5.56 Å². The molecule has 1 aromatic rings. The van der Waals surface area contributed by atoms with Gasteiger partial charge in [-0.15, -0.1) is 0 Å². The van der Waals surface area contributed by atoms with Crippen LogP contribution in [0.2, 0.25) is 0 Å². The molecule has 0 aromatic carbocycles. The quantitative estimate of drug-likeness (QED) is 0.872. The van der Waals surface area contributed by atoms with Gasteiger partial charge in [-0.25, -0.2) is 4.79 Å². The lowest BCUT2D eigenvalue weighted by atomic mass is 10.1. The molecule has 2 amide bonds. The molecular weight excluding hydrogens is 282 g/mol. The summed E-state index contributed by atoms with van der Waals surface area (Å²) in [6.45, 7) is 5.80. The average molecular weight is 305 g/mol. The van der Waals surface area contributed by atoms with Crippen molar-refractivity contribution in [3.05, 3.63) is 34.5 Å². The van der Waals surface area contributed by atoms with Crippen molar-refractivity contribution in [2.24, 2.45) is 0 Å². The van der Waals surface area contributed by atoms with Crippen LogP contribution in [-0.2, 0) is 0 Å². The van der Waals surface area contributed by atoms with Crippen LogP contribution in [0, 0.1) is 0 Å². The van der Waals surface area contributed by atoms with Crippen LogP contribution in [0.4, 0.5) is 4.79 Å². The summed E-state index contributed by atoms with van der Waals surface area (Å²) < 4.78 is 0. The highest BCUT2D eigenvalue weighted by Gasteiger charge is 2.26. The second kappa shape index (κ2) is 6.62. The second-order valence-electron chi connectivity index (χ2n) is 5.84. The van der Waals surface area contributed by atoms with Crippen LogP contribution >= 0.6 is 11.3 Å². The number of rotatable bonds is 3. The van der Waals surface area contributed by atoms with Crippen molar-refractivity contribution in [2.45, 2.75) is 31.8 Å². The first-order chi connectivity index (χ1) is 10.2. The first kappa shape index (κ1) is 14.6. The summed E-state index contributed by atoms with van der Waals surface area (Å²) in [5.41, 5.74) is 1.38. The molecule has 5 heteroatoms. The summed E-state index contributed by atoms with van der Waals surface area (Å²) in [5.74, 6) is 0. The SMILES string of the molecule is C[C@H](c1ccsc1)N1CCN(C(=O)NC2CC=CC2)CC1. The lowest BCUT2D eigenvalue weighted by Crippen LogP contribution is -2.53. The van der Waals surface area contributed by atoms with Gasteiger partial charge in [0.05, 0.1) is 0 Å². The van der Waals surface area contributed by atoms with Crippen molar-refractivity contribution in [2.75, 3.05) is 26.2 Å². The predicted octanol–water partition coefficient (Wildman–Crippen LogP) is 2.85. The maximum absolute atomic E-state index is 12.2. The molecule has 1 atom stereocenters. The van der Waals surface area contributed by atoms with Gasteiger partial charge < -0.3 is 10.2 Å². The highest BCUT2D eigenvalue weighted by atomic mass is 32.1. The molecule has 1 saturated heterocycles.